The van der Waals surface area contributed by atoms with Crippen LogP contribution in [-0.4, -0.2) is 15.3 Å². The number of pyridine rings is 1. The van der Waals surface area contributed by atoms with Crippen molar-refractivity contribution >= 4 is 60.8 Å². The minimum absolute atomic E-state index is 0.0637. The van der Waals surface area contributed by atoms with Crippen molar-refractivity contribution in [3.8, 4) is 11.1 Å². The van der Waals surface area contributed by atoms with Crippen molar-refractivity contribution in [2.24, 2.45) is 0 Å². The van der Waals surface area contributed by atoms with Crippen LogP contribution in [-0.2, 0) is 0 Å². The molecule has 1 aliphatic heterocycles. The Kier molecular flexibility index (Phi) is 4.08. The Labute approximate surface area is 224 Å². The minimum Gasteiger partial charge on any atom is -0.456 e. The maximum atomic E-state index is 6.32. The third-order valence-corrected chi connectivity index (χ3v) is 8.15. The quantitative estimate of drug-likeness (QED) is 0.223. The second-order valence-electron chi connectivity index (χ2n) is 10.2. The number of hydrogen-bond donors (Lipinski definition) is 0. The van der Waals surface area contributed by atoms with E-state index in [0.29, 0.717) is 0 Å². The summed E-state index contributed by atoms with van der Waals surface area (Å²) in [6.07, 6.45) is 12.6. The van der Waals surface area contributed by atoms with E-state index in [-0.39, 0.29) is 6.04 Å². The molecule has 0 spiro atoms. The average Bonchev–Trinajstić information content (AvgIpc) is 3.53. The van der Waals surface area contributed by atoms with E-state index >= 15 is 0 Å². The van der Waals surface area contributed by atoms with Crippen LogP contribution in [0.3, 0.4) is 0 Å². The molecule has 3 aromatic heterocycles. The van der Waals surface area contributed by atoms with Crippen LogP contribution in [0.2, 0.25) is 0 Å². The number of nitrogens with zero attached hydrogens (tertiary/aromatic N) is 3. The Balaban J connectivity index is 1.36. The molecule has 182 valence electrons. The SMILES string of the molecule is C1=CC2=[N+](c3cccc(-c4cccnc4)c3)c3cccc4c5cc6c(cc5n(c34)C2C=C1)oc1ccccc16. The van der Waals surface area contributed by atoms with Gasteiger partial charge in [-0.1, -0.05) is 66.8 Å². The summed E-state index contributed by atoms with van der Waals surface area (Å²) in [5.74, 6) is 0. The highest BCUT2D eigenvalue weighted by Gasteiger charge is 2.37. The first-order valence-corrected chi connectivity index (χ1v) is 13.3. The Hall–Kier alpha value is -5.22. The molecule has 0 amide bonds. The summed E-state index contributed by atoms with van der Waals surface area (Å²) >= 11 is 0. The third kappa shape index (κ3) is 2.83. The predicted molar refractivity (Wildman–Crippen MR) is 160 cm³/mol. The molecule has 4 heterocycles. The summed E-state index contributed by atoms with van der Waals surface area (Å²) < 4.78 is 11.2. The maximum absolute atomic E-state index is 6.32. The van der Waals surface area contributed by atoms with E-state index < -0.39 is 0 Å². The summed E-state index contributed by atoms with van der Waals surface area (Å²) in [5.41, 5.74) is 10.1. The summed E-state index contributed by atoms with van der Waals surface area (Å²) in [6, 6.07) is 32.4. The number of rotatable bonds is 2. The van der Waals surface area contributed by atoms with Crippen LogP contribution in [0.1, 0.15) is 6.04 Å². The minimum atomic E-state index is 0.0637. The molecule has 0 saturated heterocycles. The molecule has 0 radical (unpaired) electrons. The first-order valence-electron chi connectivity index (χ1n) is 13.3. The molecule has 4 heteroatoms. The summed E-state index contributed by atoms with van der Waals surface area (Å²) in [5, 5.41) is 4.82. The molecule has 4 aromatic carbocycles. The Bertz CT molecular complexity index is 2230. The summed E-state index contributed by atoms with van der Waals surface area (Å²) in [6.45, 7) is 0. The number of hydrogen-bond acceptors (Lipinski definition) is 2. The van der Waals surface area contributed by atoms with Gasteiger partial charge in [0.2, 0.25) is 17.1 Å². The molecule has 0 saturated carbocycles. The Morgan fingerprint density at radius 3 is 2.56 bits per heavy atom. The molecule has 4 nitrogen and oxygen atoms in total. The van der Waals surface area contributed by atoms with Crippen LogP contribution in [0.15, 0.2) is 132 Å². The third-order valence-electron chi connectivity index (χ3n) is 8.15. The van der Waals surface area contributed by atoms with Gasteiger partial charge in [-0.25, -0.2) is 0 Å². The number of benzene rings is 4. The molecule has 9 rings (SSSR count). The van der Waals surface area contributed by atoms with E-state index in [0.717, 1.165) is 38.8 Å². The van der Waals surface area contributed by atoms with Crippen LogP contribution < -0.4 is 4.58 Å². The summed E-state index contributed by atoms with van der Waals surface area (Å²) in [4.78, 5) is 4.34. The number of fused-ring (bicyclic) bond motifs is 8. The lowest BCUT2D eigenvalue weighted by Gasteiger charge is -2.24. The molecule has 0 bridgehead atoms. The van der Waals surface area contributed by atoms with Crippen LogP contribution in [0.5, 0.6) is 0 Å². The lowest BCUT2D eigenvalue weighted by molar-refractivity contribution is 0.669. The van der Waals surface area contributed by atoms with Gasteiger partial charge in [-0.15, -0.1) is 0 Å². The zero-order valence-electron chi connectivity index (χ0n) is 21.0. The molecule has 1 atom stereocenters. The fraction of sp³-hybridized carbons (Fsp3) is 0.0286. The van der Waals surface area contributed by atoms with Gasteiger partial charge < -0.3 is 8.98 Å². The van der Waals surface area contributed by atoms with Crippen LogP contribution in [0.25, 0.3) is 54.9 Å². The zero-order chi connectivity index (χ0) is 25.5. The number of aromatic nitrogens is 2. The van der Waals surface area contributed by atoms with Crippen molar-refractivity contribution in [2.45, 2.75) is 6.04 Å². The van der Waals surface area contributed by atoms with Crippen molar-refractivity contribution in [3.05, 3.63) is 128 Å². The van der Waals surface area contributed by atoms with Crippen molar-refractivity contribution < 1.29 is 4.42 Å². The van der Waals surface area contributed by atoms with Gasteiger partial charge in [-0.2, -0.15) is 4.58 Å². The molecular formula is C35H22N3O+. The van der Waals surface area contributed by atoms with Crippen molar-refractivity contribution in [2.75, 3.05) is 0 Å². The normalized spacial score (nSPS) is 16.2. The number of furan rings is 1. The van der Waals surface area contributed by atoms with Gasteiger partial charge in [0.25, 0.3) is 0 Å². The van der Waals surface area contributed by atoms with Crippen molar-refractivity contribution in [1.82, 2.24) is 14.1 Å². The fourth-order valence-corrected chi connectivity index (χ4v) is 6.50. The molecule has 7 aromatic rings. The standard InChI is InChI=1S/C35H22N3O/c1-4-16-33-25(11-1)28-19-27-26-12-6-15-31-35(26)38(32(27)20-34(28)39-33)30-14-3-2-13-29(30)37(31)24-10-5-8-22(18-24)23-9-7-17-36-21-23/h1-21,30H/q+1. The number of allylic oxidation sites excluding steroid dienone is 4. The van der Waals surface area contributed by atoms with E-state index in [1.54, 1.807) is 0 Å². The molecule has 0 N–H and O–H groups in total. The van der Waals surface area contributed by atoms with E-state index in [1.807, 2.05) is 30.6 Å². The van der Waals surface area contributed by atoms with Gasteiger partial charge in [0.05, 0.1) is 5.52 Å². The van der Waals surface area contributed by atoms with E-state index in [2.05, 4.69) is 111 Å². The second kappa shape index (κ2) is 7.65. The maximum Gasteiger partial charge on any atom is 0.235 e. The first kappa shape index (κ1) is 20.8. The van der Waals surface area contributed by atoms with Gasteiger partial charge in [0.15, 0.2) is 0 Å². The molecule has 39 heavy (non-hydrogen) atoms. The molecular weight excluding hydrogens is 478 g/mol. The highest BCUT2D eigenvalue weighted by molar-refractivity contribution is 6.21. The monoisotopic (exact) mass is 500 g/mol. The molecule has 1 unspecified atom stereocenters. The number of para-hydroxylation sites is 2. The molecule has 0 fully saturated rings. The molecule has 1 aliphatic carbocycles. The topological polar surface area (TPSA) is 34.0 Å². The Morgan fingerprint density at radius 1 is 0.718 bits per heavy atom. The molecule has 2 aliphatic rings. The highest BCUT2D eigenvalue weighted by Crippen LogP contribution is 2.45. The van der Waals surface area contributed by atoms with Gasteiger partial charge in [0, 0.05) is 69.8 Å². The zero-order valence-corrected chi connectivity index (χ0v) is 21.0. The largest absolute Gasteiger partial charge is 0.456 e. The highest BCUT2D eigenvalue weighted by atomic mass is 16.3. The van der Waals surface area contributed by atoms with Crippen molar-refractivity contribution in [1.29, 1.82) is 0 Å². The van der Waals surface area contributed by atoms with Gasteiger partial charge in [-0.3, -0.25) is 4.98 Å². The average molecular weight is 501 g/mol. The fourth-order valence-electron chi connectivity index (χ4n) is 6.50. The van der Waals surface area contributed by atoms with E-state index in [9.17, 15) is 0 Å². The smallest absolute Gasteiger partial charge is 0.235 e. The van der Waals surface area contributed by atoms with E-state index in [1.165, 1.54) is 33.2 Å². The van der Waals surface area contributed by atoms with Crippen LogP contribution >= 0.6 is 0 Å². The van der Waals surface area contributed by atoms with E-state index in [4.69, 9.17) is 4.42 Å². The first-order chi connectivity index (χ1) is 19.3. The lowest BCUT2D eigenvalue weighted by atomic mass is 10.0. The van der Waals surface area contributed by atoms with Crippen molar-refractivity contribution in [3.63, 3.8) is 0 Å². The van der Waals surface area contributed by atoms with Gasteiger partial charge in [-0.05, 0) is 23.8 Å². The van der Waals surface area contributed by atoms with Gasteiger partial charge in [0.1, 0.15) is 22.7 Å². The summed E-state index contributed by atoms with van der Waals surface area (Å²) in [7, 11) is 0. The van der Waals surface area contributed by atoms with Gasteiger partial charge >= 0.3 is 0 Å². The second-order valence-corrected chi connectivity index (χ2v) is 10.2. The van der Waals surface area contributed by atoms with Crippen LogP contribution in [0, 0.1) is 0 Å². The lowest BCUT2D eigenvalue weighted by Crippen LogP contribution is -2.30. The van der Waals surface area contributed by atoms with Crippen LogP contribution in [0.4, 0.5) is 11.4 Å². The Morgan fingerprint density at radius 2 is 1.62 bits per heavy atom. The predicted octanol–water partition coefficient (Wildman–Crippen LogP) is 8.71.